The van der Waals surface area contributed by atoms with E-state index in [1.54, 1.807) is 0 Å². The van der Waals surface area contributed by atoms with E-state index in [9.17, 15) is 0 Å². The monoisotopic (exact) mass is 115 g/mol. The van der Waals surface area contributed by atoms with Crippen molar-refractivity contribution in [2.45, 2.75) is 18.9 Å². The van der Waals surface area contributed by atoms with E-state index in [4.69, 9.17) is 5.11 Å². The highest BCUT2D eigenvalue weighted by molar-refractivity contribution is 4.92. The van der Waals surface area contributed by atoms with Crippen LogP contribution in [-0.2, 0) is 0 Å². The van der Waals surface area contributed by atoms with Crippen molar-refractivity contribution in [1.82, 2.24) is 4.90 Å². The molecule has 2 nitrogen and oxygen atoms in total. The number of nitrogens with zero attached hydrogens (tertiary/aromatic N) is 1. The summed E-state index contributed by atoms with van der Waals surface area (Å²) >= 11 is 0. The molecule has 2 heteroatoms. The van der Waals surface area contributed by atoms with Gasteiger partial charge in [-0.1, -0.05) is 0 Å². The maximum absolute atomic E-state index is 8.77. The molecule has 0 unspecified atom stereocenters. The highest BCUT2D eigenvalue weighted by atomic mass is 16.3. The number of rotatable bonds is 1. The minimum absolute atomic E-state index is 0.111. The van der Waals surface area contributed by atoms with Crippen LogP contribution in [0, 0.1) is 0 Å². The van der Waals surface area contributed by atoms with E-state index in [-0.39, 0.29) is 5.54 Å². The van der Waals surface area contributed by atoms with Crippen molar-refractivity contribution >= 4 is 0 Å². The molecular weight excluding hydrogens is 102 g/mol. The fraction of sp³-hybridized carbons (Fsp3) is 1.00. The Labute approximate surface area is 50.1 Å². The largest absolute Gasteiger partial charge is 0.394 e. The van der Waals surface area contributed by atoms with Crippen LogP contribution in [0.25, 0.3) is 0 Å². The zero-order valence-electron chi connectivity index (χ0n) is 5.52. The summed E-state index contributed by atoms with van der Waals surface area (Å²) in [6.45, 7) is 3.51. The first-order chi connectivity index (χ1) is 3.69. The van der Waals surface area contributed by atoms with Crippen molar-refractivity contribution in [3.05, 3.63) is 0 Å². The van der Waals surface area contributed by atoms with Gasteiger partial charge in [0.25, 0.3) is 0 Å². The first-order valence-electron chi connectivity index (χ1n) is 3.01. The lowest BCUT2D eigenvalue weighted by Crippen LogP contribution is -2.57. The second-order valence-electron chi connectivity index (χ2n) is 2.83. The molecule has 48 valence electrons. The Morgan fingerprint density at radius 3 is 2.38 bits per heavy atom. The Morgan fingerprint density at radius 2 is 2.38 bits per heavy atom. The summed E-state index contributed by atoms with van der Waals surface area (Å²) in [7, 11) is 2.04. The van der Waals surface area contributed by atoms with Crippen LogP contribution in [0.2, 0.25) is 0 Å². The van der Waals surface area contributed by atoms with Crippen molar-refractivity contribution in [2.75, 3.05) is 20.2 Å². The van der Waals surface area contributed by atoms with E-state index in [1.807, 2.05) is 7.05 Å². The first-order valence-corrected chi connectivity index (χ1v) is 3.01. The molecule has 1 heterocycles. The van der Waals surface area contributed by atoms with E-state index in [1.165, 1.54) is 0 Å². The number of likely N-dealkylation sites (tertiary alicyclic amines) is 1. The van der Waals surface area contributed by atoms with Crippen molar-refractivity contribution in [3.63, 3.8) is 0 Å². The van der Waals surface area contributed by atoms with Gasteiger partial charge in [0.15, 0.2) is 0 Å². The number of aliphatic hydroxyl groups is 1. The Bertz CT molecular complexity index is 90.5. The molecule has 0 radical (unpaired) electrons. The number of likely N-dealkylation sites (N-methyl/N-ethyl adjacent to an activating group) is 1. The Hall–Kier alpha value is -0.0800. The zero-order chi connectivity index (χ0) is 6.20. The molecule has 0 aromatic rings. The molecule has 8 heavy (non-hydrogen) atoms. The maximum Gasteiger partial charge on any atom is 0.0613 e. The lowest BCUT2D eigenvalue weighted by Gasteiger charge is -2.47. The first kappa shape index (κ1) is 6.05. The third kappa shape index (κ3) is 0.644. The van der Waals surface area contributed by atoms with Crippen LogP contribution in [0.3, 0.4) is 0 Å². The second-order valence-corrected chi connectivity index (χ2v) is 2.83. The summed E-state index contributed by atoms with van der Waals surface area (Å²) in [6.07, 6.45) is 1.14. The molecule has 1 rings (SSSR count). The number of aliphatic hydroxyl groups excluding tert-OH is 1. The normalized spacial score (nSPS) is 39.4. The van der Waals surface area contributed by atoms with Gasteiger partial charge in [0, 0.05) is 12.1 Å². The van der Waals surface area contributed by atoms with Crippen molar-refractivity contribution in [3.8, 4) is 0 Å². The van der Waals surface area contributed by atoms with E-state index in [0.717, 1.165) is 13.0 Å². The van der Waals surface area contributed by atoms with E-state index in [0.29, 0.717) is 6.61 Å². The van der Waals surface area contributed by atoms with E-state index in [2.05, 4.69) is 11.8 Å². The smallest absolute Gasteiger partial charge is 0.0613 e. The average molecular weight is 115 g/mol. The zero-order valence-corrected chi connectivity index (χ0v) is 5.52. The van der Waals surface area contributed by atoms with Crippen LogP contribution in [0.5, 0.6) is 0 Å². The Kier molecular flexibility index (Phi) is 1.29. The highest BCUT2D eigenvalue weighted by Crippen LogP contribution is 2.26. The van der Waals surface area contributed by atoms with Gasteiger partial charge in [0.2, 0.25) is 0 Å². The lowest BCUT2D eigenvalue weighted by molar-refractivity contribution is -0.0190. The molecule has 1 atom stereocenters. The molecule has 0 aliphatic carbocycles. The molecule has 1 N–H and O–H groups in total. The van der Waals surface area contributed by atoms with Gasteiger partial charge < -0.3 is 5.11 Å². The summed E-state index contributed by atoms with van der Waals surface area (Å²) in [5.41, 5.74) is 0.111. The molecule has 1 aliphatic rings. The van der Waals surface area contributed by atoms with Gasteiger partial charge >= 0.3 is 0 Å². The summed E-state index contributed by atoms with van der Waals surface area (Å²) in [6, 6.07) is 0. The molecule has 0 amide bonds. The molecule has 1 fully saturated rings. The Morgan fingerprint density at radius 1 is 1.75 bits per heavy atom. The predicted molar refractivity (Wildman–Crippen MR) is 32.7 cm³/mol. The molecular formula is C6H13NO. The average Bonchev–Trinajstić information content (AvgIpc) is 1.83. The minimum Gasteiger partial charge on any atom is -0.394 e. The molecule has 1 aliphatic heterocycles. The van der Waals surface area contributed by atoms with Crippen molar-refractivity contribution in [1.29, 1.82) is 0 Å². The fourth-order valence-corrected chi connectivity index (χ4v) is 0.917. The second kappa shape index (κ2) is 1.71. The molecule has 0 bridgehead atoms. The van der Waals surface area contributed by atoms with Gasteiger partial charge in [-0.15, -0.1) is 0 Å². The predicted octanol–water partition coefficient (Wildman–Crippen LogP) is 0.0729. The van der Waals surface area contributed by atoms with Gasteiger partial charge in [0.05, 0.1) is 6.61 Å². The maximum atomic E-state index is 8.77. The van der Waals surface area contributed by atoms with Crippen LogP contribution in [0.4, 0.5) is 0 Å². The molecule has 0 spiro atoms. The van der Waals surface area contributed by atoms with Crippen LogP contribution in [0.15, 0.2) is 0 Å². The quantitative estimate of drug-likeness (QED) is 0.523. The third-order valence-electron chi connectivity index (χ3n) is 2.25. The van der Waals surface area contributed by atoms with E-state index < -0.39 is 0 Å². The van der Waals surface area contributed by atoms with Gasteiger partial charge in [-0.2, -0.15) is 0 Å². The SMILES string of the molecule is CN1CC[C@@]1(C)CO. The number of hydrogen-bond acceptors (Lipinski definition) is 2. The van der Waals surface area contributed by atoms with Crippen LogP contribution in [0.1, 0.15) is 13.3 Å². The van der Waals surface area contributed by atoms with Gasteiger partial charge in [-0.3, -0.25) is 4.90 Å². The Balaban J connectivity index is 2.42. The number of hydrogen-bond donors (Lipinski definition) is 1. The molecule has 0 aromatic carbocycles. The topological polar surface area (TPSA) is 23.5 Å². The van der Waals surface area contributed by atoms with Gasteiger partial charge in [-0.25, -0.2) is 0 Å². The summed E-state index contributed by atoms with van der Waals surface area (Å²) < 4.78 is 0. The molecule has 0 saturated carbocycles. The van der Waals surface area contributed by atoms with Gasteiger partial charge in [-0.05, 0) is 20.4 Å². The summed E-state index contributed by atoms with van der Waals surface area (Å²) in [5, 5.41) is 8.77. The summed E-state index contributed by atoms with van der Waals surface area (Å²) in [4.78, 5) is 2.17. The molecule has 0 aromatic heterocycles. The fourth-order valence-electron chi connectivity index (χ4n) is 0.917. The molecule has 1 saturated heterocycles. The van der Waals surface area contributed by atoms with Crippen LogP contribution >= 0.6 is 0 Å². The van der Waals surface area contributed by atoms with Crippen molar-refractivity contribution < 1.29 is 5.11 Å². The van der Waals surface area contributed by atoms with Crippen LogP contribution < -0.4 is 0 Å². The third-order valence-corrected chi connectivity index (χ3v) is 2.25. The van der Waals surface area contributed by atoms with Crippen LogP contribution in [-0.4, -0.2) is 35.7 Å². The van der Waals surface area contributed by atoms with Crippen molar-refractivity contribution in [2.24, 2.45) is 0 Å². The lowest BCUT2D eigenvalue weighted by atomic mass is 9.89. The van der Waals surface area contributed by atoms with E-state index >= 15 is 0 Å². The highest BCUT2D eigenvalue weighted by Gasteiger charge is 2.36. The standard InChI is InChI=1S/C6H13NO/c1-6(5-8)3-4-7(6)2/h8H,3-5H2,1-2H3/t6-/m0/s1. The van der Waals surface area contributed by atoms with Gasteiger partial charge in [0.1, 0.15) is 0 Å². The summed E-state index contributed by atoms with van der Waals surface area (Å²) in [5.74, 6) is 0. The minimum atomic E-state index is 0.111.